The molecule has 48 heavy (non-hydrogen) atoms. The lowest BCUT2D eigenvalue weighted by atomic mass is 9.98. The number of fused-ring (bicyclic) bond motifs is 2. The number of hydrogen-bond acceptors (Lipinski definition) is 8. The lowest BCUT2D eigenvalue weighted by molar-refractivity contribution is -0.145. The summed E-state index contributed by atoms with van der Waals surface area (Å²) in [4.78, 5) is 38.9. The molecule has 248 valence electrons. The number of nitrogens with zero attached hydrogens (tertiary/aromatic N) is 1. The molecule has 2 aliphatic heterocycles. The van der Waals surface area contributed by atoms with Gasteiger partial charge in [0.15, 0.2) is 17.3 Å². The van der Waals surface area contributed by atoms with E-state index in [0.717, 1.165) is 24.0 Å². The minimum Gasteiger partial charge on any atom is -0.508 e. The second-order valence-corrected chi connectivity index (χ2v) is 11.8. The highest BCUT2D eigenvalue weighted by atomic mass is 16.5. The van der Waals surface area contributed by atoms with Gasteiger partial charge < -0.3 is 29.3 Å². The minimum atomic E-state index is -1.14. The molecule has 0 radical (unpaired) electrons. The Bertz CT molecular complexity index is 1770. The summed E-state index contributed by atoms with van der Waals surface area (Å²) < 4.78 is 16.8. The number of carboxylic acid groups (broad SMARTS) is 1. The van der Waals surface area contributed by atoms with E-state index in [-0.39, 0.29) is 34.7 Å². The fraction of sp³-hybridized carbons (Fsp3) is 0.256. The number of hydrogen-bond donors (Lipinski definition) is 2. The fourth-order valence-corrected chi connectivity index (χ4v) is 6.29. The second-order valence-electron chi connectivity index (χ2n) is 11.8. The highest BCUT2D eigenvalue weighted by Crippen LogP contribution is 2.37. The van der Waals surface area contributed by atoms with Gasteiger partial charge in [0, 0.05) is 36.1 Å². The molecular formula is C39H39NO8. The highest BCUT2D eigenvalue weighted by Gasteiger charge is 2.40. The molecule has 0 spiro atoms. The maximum Gasteiger partial charge on any atom is 0.339 e. The number of carbonyl (C=O) groups excluding carboxylic acids is 2. The number of ketones is 1. The van der Waals surface area contributed by atoms with Crippen LogP contribution in [-0.2, 0) is 9.53 Å². The summed E-state index contributed by atoms with van der Waals surface area (Å²) in [6.45, 7) is 0. The van der Waals surface area contributed by atoms with Crippen molar-refractivity contribution in [2.24, 2.45) is 0 Å². The number of benzene rings is 4. The Kier molecular flexibility index (Phi) is 10.9. The molecule has 0 aromatic heterocycles. The number of phenols is 1. The number of rotatable bonds is 9. The standard InChI is InChI=1S/C25H29NO4.C14H10O4/c1-26-19-10-11-20(26)16-21(15-19)30-25(27)22(13-17-7-5-4-6-8-17)18-9-12-23(28-2)24(14-18)29-3;15-10-7-5-9(6-8-10)13(16)11-3-1-2-4-12(11)14(17)18/h4-9,12-14,19-21H,10-11,15-16H2,1-3H3;1-8,15H,(H,17,18)/b22-13+;/t19-,20+,21?;. The molecule has 4 aromatic rings. The van der Waals surface area contributed by atoms with Crippen molar-refractivity contribution < 1.29 is 38.8 Å². The molecule has 0 aliphatic carbocycles. The van der Waals surface area contributed by atoms with Crippen molar-refractivity contribution in [3.05, 3.63) is 125 Å². The van der Waals surface area contributed by atoms with E-state index < -0.39 is 5.97 Å². The van der Waals surface area contributed by atoms with Crippen LogP contribution in [0, 0.1) is 0 Å². The van der Waals surface area contributed by atoms with Gasteiger partial charge >= 0.3 is 11.9 Å². The fourth-order valence-electron chi connectivity index (χ4n) is 6.29. The van der Waals surface area contributed by atoms with Crippen LogP contribution in [0.1, 0.15) is 63.1 Å². The number of phenolic OH excluding ortho intramolecular Hbond substituents is 1. The molecule has 2 heterocycles. The van der Waals surface area contributed by atoms with Gasteiger partial charge in [-0.25, -0.2) is 9.59 Å². The summed E-state index contributed by atoms with van der Waals surface area (Å²) in [5.41, 5.74) is 2.65. The molecule has 9 nitrogen and oxygen atoms in total. The Morgan fingerprint density at radius 2 is 1.33 bits per heavy atom. The first-order valence-electron chi connectivity index (χ1n) is 15.8. The zero-order valence-corrected chi connectivity index (χ0v) is 27.2. The van der Waals surface area contributed by atoms with E-state index in [2.05, 4.69) is 11.9 Å². The number of esters is 1. The Morgan fingerprint density at radius 3 is 1.94 bits per heavy atom. The number of carbonyl (C=O) groups is 3. The molecule has 6 rings (SSSR count). The first kappa shape index (κ1) is 33.9. The van der Waals surface area contributed by atoms with Gasteiger partial charge in [-0.05, 0) is 79.6 Å². The summed E-state index contributed by atoms with van der Waals surface area (Å²) in [6, 6.07) is 28.1. The van der Waals surface area contributed by atoms with Crippen LogP contribution in [0.5, 0.6) is 17.2 Å². The van der Waals surface area contributed by atoms with Crippen molar-refractivity contribution in [1.82, 2.24) is 4.90 Å². The first-order valence-corrected chi connectivity index (χ1v) is 15.8. The number of methoxy groups -OCH3 is 2. The number of aromatic carboxylic acids is 1. The Morgan fingerprint density at radius 1 is 0.750 bits per heavy atom. The van der Waals surface area contributed by atoms with E-state index >= 15 is 0 Å². The largest absolute Gasteiger partial charge is 0.508 e. The summed E-state index contributed by atoms with van der Waals surface area (Å²) in [5, 5.41) is 18.2. The quantitative estimate of drug-likeness (QED) is 0.0879. The maximum atomic E-state index is 13.3. The van der Waals surface area contributed by atoms with Crippen molar-refractivity contribution in [3.63, 3.8) is 0 Å². The summed E-state index contributed by atoms with van der Waals surface area (Å²) in [5.74, 6) is -0.552. The Balaban J connectivity index is 0.000000214. The van der Waals surface area contributed by atoms with Crippen LogP contribution in [0.15, 0.2) is 97.1 Å². The van der Waals surface area contributed by atoms with Crippen LogP contribution in [0.3, 0.4) is 0 Å². The average Bonchev–Trinajstić information content (AvgIpc) is 3.30. The molecule has 3 atom stereocenters. The van der Waals surface area contributed by atoms with Crippen molar-refractivity contribution in [1.29, 1.82) is 0 Å². The van der Waals surface area contributed by atoms with Gasteiger partial charge in [-0.15, -0.1) is 0 Å². The smallest absolute Gasteiger partial charge is 0.339 e. The van der Waals surface area contributed by atoms with E-state index in [1.807, 2.05) is 54.6 Å². The molecule has 0 saturated carbocycles. The van der Waals surface area contributed by atoms with E-state index in [0.29, 0.717) is 34.7 Å². The molecule has 4 aromatic carbocycles. The molecule has 0 amide bonds. The second kappa shape index (κ2) is 15.5. The SMILES string of the molecule is COc1ccc(/C(=C\c2ccccc2)C(=O)OC2C[C@H]3CC[C@@H](C2)N3C)cc1OC.O=C(O)c1ccccc1C(=O)c1ccc(O)cc1. The van der Waals surface area contributed by atoms with E-state index in [4.69, 9.17) is 24.4 Å². The molecule has 2 N–H and O–H groups in total. The minimum absolute atomic E-state index is 0.0319. The van der Waals surface area contributed by atoms with Gasteiger partial charge in [-0.2, -0.15) is 0 Å². The lowest BCUT2D eigenvalue weighted by Gasteiger charge is -2.35. The van der Waals surface area contributed by atoms with Crippen LogP contribution in [0.25, 0.3) is 11.6 Å². The zero-order valence-electron chi connectivity index (χ0n) is 27.2. The normalized spacial score (nSPS) is 18.6. The summed E-state index contributed by atoms with van der Waals surface area (Å²) >= 11 is 0. The Labute approximate surface area is 280 Å². The first-order chi connectivity index (χ1) is 23.2. The molecule has 2 saturated heterocycles. The Hall–Kier alpha value is -5.41. The number of aromatic hydroxyl groups is 1. The monoisotopic (exact) mass is 649 g/mol. The predicted octanol–water partition coefficient (Wildman–Crippen LogP) is 6.73. The van der Waals surface area contributed by atoms with E-state index in [1.54, 1.807) is 26.4 Å². The third-order valence-electron chi connectivity index (χ3n) is 8.89. The van der Waals surface area contributed by atoms with E-state index in [9.17, 15) is 14.4 Å². The van der Waals surface area contributed by atoms with Gasteiger partial charge in [0.05, 0.1) is 25.4 Å². The van der Waals surface area contributed by atoms with Gasteiger partial charge in [-0.1, -0.05) is 54.6 Å². The lowest BCUT2D eigenvalue weighted by Crippen LogP contribution is -2.43. The molecule has 9 heteroatoms. The maximum absolute atomic E-state index is 13.3. The number of piperidine rings is 1. The van der Waals surface area contributed by atoms with Crippen LogP contribution < -0.4 is 9.47 Å². The molecule has 2 bridgehead atoms. The highest BCUT2D eigenvalue weighted by molar-refractivity contribution is 6.21. The van der Waals surface area contributed by atoms with Crippen molar-refractivity contribution in [2.75, 3.05) is 21.3 Å². The van der Waals surface area contributed by atoms with Crippen LogP contribution in [0.4, 0.5) is 0 Å². The van der Waals surface area contributed by atoms with Crippen molar-refractivity contribution in [2.45, 2.75) is 43.9 Å². The number of carboxylic acids is 1. The number of ether oxygens (including phenoxy) is 3. The molecule has 2 aliphatic rings. The van der Waals surface area contributed by atoms with Crippen molar-refractivity contribution >= 4 is 29.4 Å². The van der Waals surface area contributed by atoms with Gasteiger partial charge in [0.2, 0.25) is 0 Å². The molecule has 1 unspecified atom stereocenters. The third kappa shape index (κ3) is 7.93. The van der Waals surface area contributed by atoms with Gasteiger partial charge in [0.1, 0.15) is 11.9 Å². The predicted molar refractivity (Wildman–Crippen MR) is 182 cm³/mol. The van der Waals surface area contributed by atoms with Gasteiger partial charge in [0.25, 0.3) is 0 Å². The third-order valence-corrected chi connectivity index (χ3v) is 8.89. The zero-order chi connectivity index (χ0) is 34.2. The topological polar surface area (TPSA) is 123 Å². The molecule has 2 fully saturated rings. The van der Waals surface area contributed by atoms with Crippen LogP contribution in [-0.4, -0.2) is 72.3 Å². The summed E-state index contributed by atoms with van der Waals surface area (Å²) in [7, 11) is 5.38. The van der Waals surface area contributed by atoms with Crippen LogP contribution >= 0.6 is 0 Å². The molecular weight excluding hydrogens is 610 g/mol. The van der Waals surface area contributed by atoms with Crippen LogP contribution in [0.2, 0.25) is 0 Å². The van der Waals surface area contributed by atoms with Crippen molar-refractivity contribution in [3.8, 4) is 17.2 Å². The van der Waals surface area contributed by atoms with Gasteiger partial charge in [-0.3, -0.25) is 4.79 Å². The average molecular weight is 650 g/mol. The van der Waals surface area contributed by atoms with E-state index in [1.165, 1.54) is 49.2 Å². The summed E-state index contributed by atoms with van der Waals surface area (Å²) in [6.07, 6.45) is 6.04.